The van der Waals surface area contributed by atoms with Crippen LogP contribution in [-0.2, 0) is 6.42 Å². The lowest BCUT2D eigenvalue weighted by molar-refractivity contribution is -0.126. The first kappa shape index (κ1) is 14.2. The largest absolute Gasteiger partial charge is 0.393 e. The van der Waals surface area contributed by atoms with E-state index in [9.17, 15) is 13.2 Å². The Morgan fingerprint density at radius 2 is 2.14 bits per heavy atom. The van der Waals surface area contributed by atoms with Crippen LogP contribution in [0, 0.1) is 5.41 Å². The van der Waals surface area contributed by atoms with Crippen molar-refractivity contribution in [2.75, 3.05) is 31.1 Å². The Kier molecular flexibility index (Phi) is 3.09. The molecule has 4 heterocycles. The van der Waals surface area contributed by atoms with Gasteiger partial charge in [0.15, 0.2) is 0 Å². The summed E-state index contributed by atoms with van der Waals surface area (Å²) in [6.07, 6.45) is -2.54. The van der Waals surface area contributed by atoms with E-state index in [4.69, 9.17) is 0 Å². The molecule has 8 heteroatoms. The molecule has 1 spiro atoms. The molecular formula is C14H15F3N4S. The molecule has 0 aliphatic carbocycles. The van der Waals surface area contributed by atoms with E-state index >= 15 is 0 Å². The summed E-state index contributed by atoms with van der Waals surface area (Å²) < 4.78 is 37.7. The Balaban J connectivity index is 1.66. The third kappa shape index (κ3) is 2.44. The molecule has 0 amide bonds. The second-order valence-corrected chi connectivity index (χ2v) is 7.31. The third-order valence-corrected chi connectivity index (χ3v) is 5.51. The SMILES string of the molecule is FC(F)(F)Cc1cc2c(N3CCC4(CNC4)C3)ncnc2s1. The zero-order valence-corrected chi connectivity index (χ0v) is 12.6. The summed E-state index contributed by atoms with van der Waals surface area (Å²) in [5, 5.41) is 4.05. The molecule has 0 aromatic carbocycles. The van der Waals surface area contributed by atoms with Gasteiger partial charge in [0.05, 0.1) is 11.8 Å². The molecule has 2 aliphatic heterocycles. The molecule has 2 aromatic rings. The average Bonchev–Trinajstić information content (AvgIpc) is 2.98. The van der Waals surface area contributed by atoms with Crippen LogP contribution in [0.2, 0.25) is 0 Å². The van der Waals surface area contributed by atoms with E-state index in [1.165, 1.54) is 6.33 Å². The van der Waals surface area contributed by atoms with Crippen molar-refractivity contribution in [3.63, 3.8) is 0 Å². The van der Waals surface area contributed by atoms with Gasteiger partial charge in [-0.25, -0.2) is 9.97 Å². The van der Waals surface area contributed by atoms with Gasteiger partial charge in [-0.05, 0) is 12.5 Å². The van der Waals surface area contributed by atoms with Gasteiger partial charge < -0.3 is 10.2 Å². The molecule has 0 saturated carbocycles. The summed E-state index contributed by atoms with van der Waals surface area (Å²) in [4.78, 5) is 11.6. The van der Waals surface area contributed by atoms with Crippen LogP contribution in [0.1, 0.15) is 11.3 Å². The van der Waals surface area contributed by atoms with Crippen molar-refractivity contribution < 1.29 is 13.2 Å². The van der Waals surface area contributed by atoms with E-state index in [0.717, 1.165) is 55.1 Å². The lowest BCUT2D eigenvalue weighted by Gasteiger charge is -2.39. The summed E-state index contributed by atoms with van der Waals surface area (Å²) in [6, 6.07) is 1.60. The van der Waals surface area contributed by atoms with Crippen molar-refractivity contribution in [1.29, 1.82) is 0 Å². The number of hydrogen-bond acceptors (Lipinski definition) is 5. The van der Waals surface area contributed by atoms with Gasteiger partial charge in [0.1, 0.15) is 17.0 Å². The van der Waals surface area contributed by atoms with Crippen molar-refractivity contribution in [3.8, 4) is 0 Å². The Morgan fingerprint density at radius 1 is 1.32 bits per heavy atom. The first-order chi connectivity index (χ1) is 10.4. The average molecular weight is 328 g/mol. The first-order valence-corrected chi connectivity index (χ1v) is 8.02. The molecule has 2 aliphatic rings. The van der Waals surface area contributed by atoms with Gasteiger partial charge in [0.2, 0.25) is 0 Å². The predicted molar refractivity (Wildman–Crippen MR) is 79.3 cm³/mol. The van der Waals surface area contributed by atoms with Crippen molar-refractivity contribution in [2.24, 2.45) is 5.41 Å². The zero-order chi connectivity index (χ0) is 15.4. The number of hydrogen-bond donors (Lipinski definition) is 1. The van der Waals surface area contributed by atoms with Crippen molar-refractivity contribution >= 4 is 27.4 Å². The molecule has 2 fully saturated rings. The van der Waals surface area contributed by atoms with Gasteiger partial charge in [0, 0.05) is 36.5 Å². The van der Waals surface area contributed by atoms with E-state index in [0.29, 0.717) is 15.1 Å². The number of rotatable bonds is 2. The van der Waals surface area contributed by atoms with Crippen LogP contribution in [0.3, 0.4) is 0 Å². The molecule has 0 atom stereocenters. The van der Waals surface area contributed by atoms with Crippen LogP contribution in [0.25, 0.3) is 10.2 Å². The maximum atomic E-state index is 12.6. The quantitative estimate of drug-likeness (QED) is 0.920. The smallest absolute Gasteiger partial charge is 0.355 e. The van der Waals surface area contributed by atoms with Crippen molar-refractivity contribution in [1.82, 2.24) is 15.3 Å². The highest BCUT2D eigenvalue weighted by Gasteiger charge is 2.43. The minimum absolute atomic E-state index is 0.295. The second-order valence-electron chi connectivity index (χ2n) is 6.20. The van der Waals surface area contributed by atoms with Crippen molar-refractivity contribution in [2.45, 2.75) is 19.0 Å². The fourth-order valence-electron chi connectivity index (χ4n) is 3.31. The third-order valence-electron chi connectivity index (χ3n) is 4.47. The number of nitrogens with one attached hydrogen (secondary N) is 1. The van der Waals surface area contributed by atoms with E-state index in [-0.39, 0.29) is 0 Å². The lowest BCUT2D eigenvalue weighted by Crippen LogP contribution is -2.54. The van der Waals surface area contributed by atoms with Gasteiger partial charge in [-0.3, -0.25) is 0 Å². The van der Waals surface area contributed by atoms with Crippen LogP contribution >= 0.6 is 11.3 Å². The Bertz CT molecular complexity index is 708. The number of halogens is 3. The fourth-order valence-corrected chi connectivity index (χ4v) is 4.33. The molecular weight excluding hydrogens is 313 g/mol. The van der Waals surface area contributed by atoms with Gasteiger partial charge in [0.25, 0.3) is 0 Å². The summed E-state index contributed by atoms with van der Waals surface area (Å²) in [7, 11) is 0. The molecule has 2 saturated heterocycles. The summed E-state index contributed by atoms with van der Waals surface area (Å²) in [5.41, 5.74) is 0.322. The topological polar surface area (TPSA) is 41.0 Å². The van der Waals surface area contributed by atoms with E-state index in [1.807, 2.05) is 0 Å². The minimum atomic E-state index is -4.19. The zero-order valence-electron chi connectivity index (χ0n) is 11.8. The minimum Gasteiger partial charge on any atom is -0.355 e. The van der Waals surface area contributed by atoms with Crippen LogP contribution in [0.15, 0.2) is 12.4 Å². The number of fused-ring (bicyclic) bond motifs is 1. The van der Waals surface area contributed by atoms with Crippen LogP contribution in [0.5, 0.6) is 0 Å². The van der Waals surface area contributed by atoms with Gasteiger partial charge in [-0.1, -0.05) is 0 Å². The number of nitrogens with zero attached hydrogens (tertiary/aromatic N) is 3. The highest BCUT2D eigenvalue weighted by atomic mass is 32.1. The van der Waals surface area contributed by atoms with Crippen LogP contribution in [-0.4, -0.2) is 42.3 Å². The summed E-state index contributed by atoms with van der Waals surface area (Å²) >= 11 is 1.11. The van der Waals surface area contributed by atoms with E-state index < -0.39 is 12.6 Å². The molecule has 22 heavy (non-hydrogen) atoms. The fraction of sp³-hybridized carbons (Fsp3) is 0.571. The van der Waals surface area contributed by atoms with E-state index in [1.54, 1.807) is 6.07 Å². The molecule has 0 unspecified atom stereocenters. The summed E-state index contributed by atoms with van der Waals surface area (Å²) in [6.45, 7) is 3.84. The molecule has 2 aromatic heterocycles. The maximum absolute atomic E-state index is 12.6. The number of anilines is 1. The molecule has 4 rings (SSSR count). The molecule has 1 N–H and O–H groups in total. The monoisotopic (exact) mass is 328 g/mol. The molecule has 118 valence electrons. The summed E-state index contributed by atoms with van der Waals surface area (Å²) in [5.74, 6) is 0.776. The lowest BCUT2D eigenvalue weighted by atomic mass is 9.81. The number of thiophene rings is 1. The predicted octanol–water partition coefficient (Wildman–Crippen LogP) is 2.60. The normalized spacial score (nSPS) is 20.8. The van der Waals surface area contributed by atoms with Gasteiger partial charge >= 0.3 is 6.18 Å². The number of alkyl halides is 3. The standard InChI is InChI=1S/C14H15F3N4S/c15-14(16,17)4-9-3-10-11(19-8-20-12(10)22-9)21-2-1-13(7-21)5-18-6-13/h3,8,18H,1-2,4-7H2. The Hall–Kier alpha value is -1.41. The molecule has 4 nitrogen and oxygen atoms in total. The number of aromatic nitrogens is 2. The maximum Gasteiger partial charge on any atom is 0.393 e. The van der Waals surface area contributed by atoms with Crippen molar-refractivity contribution in [3.05, 3.63) is 17.3 Å². The van der Waals surface area contributed by atoms with E-state index in [2.05, 4.69) is 20.2 Å². The Labute approximate surface area is 129 Å². The second kappa shape index (κ2) is 4.79. The van der Waals surface area contributed by atoms with Gasteiger partial charge in [-0.2, -0.15) is 13.2 Å². The van der Waals surface area contributed by atoms with Crippen LogP contribution < -0.4 is 10.2 Å². The molecule has 0 radical (unpaired) electrons. The van der Waals surface area contributed by atoms with Gasteiger partial charge in [-0.15, -0.1) is 11.3 Å². The van der Waals surface area contributed by atoms with Crippen LogP contribution in [0.4, 0.5) is 19.0 Å². The Morgan fingerprint density at radius 3 is 2.77 bits per heavy atom. The molecule has 0 bridgehead atoms. The highest BCUT2D eigenvalue weighted by Crippen LogP contribution is 2.39. The highest BCUT2D eigenvalue weighted by molar-refractivity contribution is 7.18. The first-order valence-electron chi connectivity index (χ1n) is 7.20.